The molecular weight excluding hydrogens is 254 g/mol. The molecule has 0 radical (unpaired) electrons. The van der Waals surface area contributed by atoms with Gasteiger partial charge in [0.15, 0.2) is 5.78 Å². The SMILES string of the molecule is CN(CCC(=O)/C=C/c1cccs1)c1ccccc1. The highest BCUT2D eigenvalue weighted by atomic mass is 32.1. The average molecular weight is 271 g/mol. The molecule has 0 N–H and O–H groups in total. The van der Waals surface area contributed by atoms with E-state index in [9.17, 15) is 4.79 Å². The first kappa shape index (κ1) is 13.6. The standard InChI is InChI=1S/C16H17NOS/c1-17(14-6-3-2-4-7-14)12-11-15(18)9-10-16-8-5-13-19-16/h2-10,13H,11-12H2,1H3/b10-9+. The Kier molecular flexibility index (Phi) is 4.93. The fraction of sp³-hybridized carbons (Fsp3) is 0.188. The van der Waals surface area contributed by atoms with E-state index < -0.39 is 0 Å². The molecule has 19 heavy (non-hydrogen) atoms. The van der Waals surface area contributed by atoms with Crippen molar-refractivity contribution < 1.29 is 4.79 Å². The average Bonchev–Trinajstić information content (AvgIpc) is 2.96. The van der Waals surface area contributed by atoms with Gasteiger partial charge in [0.2, 0.25) is 0 Å². The highest BCUT2D eigenvalue weighted by Gasteiger charge is 2.02. The van der Waals surface area contributed by atoms with Crippen LogP contribution in [0.2, 0.25) is 0 Å². The molecule has 2 nitrogen and oxygen atoms in total. The van der Waals surface area contributed by atoms with Crippen LogP contribution in [0.25, 0.3) is 6.08 Å². The van der Waals surface area contributed by atoms with Crippen molar-refractivity contribution in [2.45, 2.75) is 6.42 Å². The van der Waals surface area contributed by atoms with Crippen LogP contribution in [-0.2, 0) is 4.79 Å². The summed E-state index contributed by atoms with van der Waals surface area (Å²) < 4.78 is 0. The number of anilines is 1. The molecule has 1 aromatic carbocycles. The normalized spacial score (nSPS) is 10.8. The minimum absolute atomic E-state index is 0.163. The second kappa shape index (κ2) is 6.90. The molecule has 0 unspecified atom stereocenters. The Morgan fingerprint density at radius 3 is 2.68 bits per heavy atom. The third-order valence-electron chi connectivity index (χ3n) is 2.87. The van der Waals surface area contributed by atoms with Crippen molar-refractivity contribution in [1.82, 2.24) is 0 Å². The number of carbonyl (C=O) groups excluding carboxylic acids is 1. The Morgan fingerprint density at radius 1 is 1.21 bits per heavy atom. The van der Waals surface area contributed by atoms with Crippen molar-refractivity contribution in [3.8, 4) is 0 Å². The van der Waals surface area contributed by atoms with Crippen LogP contribution in [0.4, 0.5) is 5.69 Å². The van der Waals surface area contributed by atoms with Crippen LogP contribution in [0, 0.1) is 0 Å². The van der Waals surface area contributed by atoms with Gasteiger partial charge in [-0.1, -0.05) is 24.3 Å². The van der Waals surface area contributed by atoms with Crippen molar-refractivity contribution in [3.05, 3.63) is 58.8 Å². The number of allylic oxidation sites excluding steroid dienone is 1. The van der Waals surface area contributed by atoms with E-state index in [1.54, 1.807) is 17.4 Å². The lowest BCUT2D eigenvalue weighted by atomic mass is 10.2. The van der Waals surface area contributed by atoms with E-state index >= 15 is 0 Å². The Balaban J connectivity index is 1.81. The minimum atomic E-state index is 0.163. The second-order valence-electron chi connectivity index (χ2n) is 4.32. The summed E-state index contributed by atoms with van der Waals surface area (Å²) >= 11 is 1.64. The van der Waals surface area contributed by atoms with Crippen LogP contribution in [-0.4, -0.2) is 19.4 Å². The van der Waals surface area contributed by atoms with Gasteiger partial charge >= 0.3 is 0 Å². The number of hydrogen-bond acceptors (Lipinski definition) is 3. The fourth-order valence-electron chi connectivity index (χ4n) is 1.73. The van der Waals surface area contributed by atoms with Crippen LogP contribution >= 0.6 is 11.3 Å². The largest absolute Gasteiger partial charge is 0.374 e. The number of hydrogen-bond donors (Lipinski definition) is 0. The maximum Gasteiger partial charge on any atom is 0.157 e. The number of ketones is 1. The molecule has 0 saturated carbocycles. The van der Waals surface area contributed by atoms with E-state index in [4.69, 9.17) is 0 Å². The molecule has 98 valence electrons. The van der Waals surface area contributed by atoms with Gasteiger partial charge in [-0.2, -0.15) is 0 Å². The first-order valence-corrected chi connectivity index (χ1v) is 7.14. The predicted molar refractivity (Wildman–Crippen MR) is 82.7 cm³/mol. The van der Waals surface area contributed by atoms with Crippen molar-refractivity contribution in [2.24, 2.45) is 0 Å². The fourth-order valence-corrected chi connectivity index (χ4v) is 2.35. The Bertz CT molecular complexity index is 531. The topological polar surface area (TPSA) is 20.3 Å². The van der Waals surface area contributed by atoms with Crippen molar-refractivity contribution in [1.29, 1.82) is 0 Å². The van der Waals surface area contributed by atoms with Crippen LogP contribution in [0.5, 0.6) is 0 Å². The number of para-hydroxylation sites is 1. The molecule has 0 amide bonds. The molecule has 0 aliphatic rings. The van der Waals surface area contributed by atoms with E-state index in [-0.39, 0.29) is 5.78 Å². The first-order chi connectivity index (χ1) is 9.25. The van der Waals surface area contributed by atoms with Gasteiger partial charge in [0.05, 0.1) is 0 Å². The minimum Gasteiger partial charge on any atom is -0.374 e. The van der Waals surface area contributed by atoms with Gasteiger partial charge < -0.3 is 4.90 Å². The number of rotatable bonds is 6. The number of benzene rings is 1. The van der Waals surface area contributed by atoms with Crippen LogP contribution < -0.4 is 4.90 Å². The predicted octanol–water partition coefficient (Wildman–Crippen LogP) is 3.86. The molecule has 0 aliphatic heterocycles. The molecule has 2 aromatic rings. The van der Waals surface area contributed by atoms with E-state index in [1.807, 2.05) is 61.0 Å². The van der Waals surface area contributed by atoms with Crippen LogP contribution in [0.3, 0.4) is 0 Å². The molecule has 0 atom stereocenters. The third-order valence-corrected chi connectivity index (χ3v) is 3.70. The molecule has 0 bridgehead atoms. The zero-order valence-corrected chi connectivity index (χ0v) is 11.8. The highest BCUT2D eigenvalue weighted by molar-refractivity contribution is 7.10. The van der Waals surface area contributed by atoms with E-state index in [1.165, 1.54) is 0 Å². The lowest BCUT2D eigenvalue weighted by Crippen LogP contribution is -2.20. The third kappa shape index (κ3) is 4.38. The Labute approximate surface area is 118 Å². The lowest BCUT2D eigenvalue weighted by molar-refractivity contribution is -0.114. The number of carbonyl (C=O) groups is 1. The summed E-state index contributed by atoms with van der Waals surface area (Å²) in [6.45, 7) is 0.734. The van der Waals surface area contributed by atoms with Gasteiger partial charge in [-0.05, 0) is 35.7 Å². The van der Waals surface area contributed by atoms with Gasteiger partial charge in [0.25, 0.3) is 0 Å². The van der Waals surface area contributed by atoms with E-state index in [2.05, 4.69) is 4.90 Å². The molecule has 1 aromatic heterocycles. The monoisotopic (exact) mass is 271 g/mol. The molecule has 0 aliphatic carbocycles. The van der Waals surface area contributed by atoms with E-state index in [0.717, 1.165) is 17.1 Å². The molecular formula is C16H17NOS. The summed E-state index contributed by atoms with van der Waals surface area (Å²) in [7, 11) is 2.01. The molecule has 0 fully saturated rings. The molecule has 0 spiro atoms. The Hall–Kier alpha value is -1.87. The summed E-state index contributed by atoms with van der Waals surface area (Å²) in [5.41, 5.74) is 1.14. The van der Waals surface area contributed by atoms with Gasteiger partial charge in [-0.25, -0.2) is 0 Å². The molecule has 1 heterocycles. The van der Waals surface area contributed by atoms with Gasteiger partial charge in [0, 0.05) is 30.6 Å². The quantitative estimate of drug-likeness (QED) is 0.744. The summed E-state index contributed by atoms with van der Waals surface area (Å²) in [5, 5.41) is 2.01. The highest BCUT2D eigenvalue weighted by Crippen LogP contribution is 2.12. The van der Waals surface area contributed by atoms with Gasteiger partial charge in [0.1, 0.15) is 0 Å². The first-order valence-electron chi connectivity index (χ1n) is 6.26. The lowest BCUT2D eigenvalue weighted by Gasteiger charge is -2.18. The maximum absolute atomic E-state index is 11.8. The zero-order valence-electron chi connectivity index (χ0n) is 11.0. The van der Waals surface area contributed by atoms with Crippen LogP contribution in [0.15, 0.2) is 53.9 Å². The maximum atomic E-state index is 11.8. The Morgan fingerprint density at radius 2 is 2.00 bits per heavy atom. The second-order valence-corrected chi connectivity index (χ2v) is 5.30. The number of thiophene rings is 1. The van der Waals surface area contributed by atoms with Crippen LogP contribution in [0.1, 0.15) is 11.3 Å². The molecule has 0 saturated heterocycles. The summed E-state index contributed by atoms with van der Waals surface area (Å²) in [6, 6.07) is 14.1. The smallest absolute Gasteiger partial charge is 0.157 e. The molecule has 3 heteroatoms. The van der Waals surface area contributed by atoms with E-state index in [0.29, 0.717) is 6.42 Å². The summed E-state index contributed by atoms with van der Waals surface area (Å²) in [4.78, 5) is 15.0. The molecule has 2 rings (SSSR count). The summed E-state index contributed by atoms with van der Waals surface area (Å²) in [6.07, 6.45) is 4.09. The van der Waals surface area contributed by atoms with Gasteiger partial charge in [-0.15, -0.1) is 11.3 Å². The summed E-state index contributed by atoms with van der Waals surface area (Å²) in [5.74, 6) is 0.163. The van der Waals surface area contributed by atoms with Gasteiger partial charge in [-0.3, -0.25) is 4.79 Å². The number of nitrogens with zero attached hydrogens (tertiary/aromatic N) is 1. The van der Waals surface area contributed by atoms with Crippen molar-refractivity contribution in [2.75, 3.05) is 18.5 Å². The zero-order chi connectivity index (χ0) is 13.5. The van der Waals surface area contributed by atoms with Crippen molar-refractivity contribution in [3.63, 3.8) is 0 Å². The van der Waals surface area contributed by atoms with Crippen molar-refractivity contribution >= 4 is 28.9 Å².